The first-order valence-corrected chi connectivity index (χ1v) is 8.71. The molecule has 1 aromatic heterocycles. The van der Waals surface area contributed by atoms with Crippen LogP contribution in [0.4, 0.5) is 0 Å². The van der Waals surface area contributed by atoms with Gasteiger partial charge in [-0.05, 0) is 24.3 Å². The normalized spacial score (nSPS) is 12.0. The van der Waals surface area contributed by atoms with E-state index in [1.807, 2.05) is 41.1 Å². The number of methoxy groups -OCH3 is 1. The standard InChI is InChI=1S/C19H18Cl2N2O3/c1-24-17-4-2-3-5-18(17)25-13-26-19(11-23-9-8-22-12-23)15-7-6-14(20)10-16(15)21/h2-10,12,19H,11,13H2,1H3/t19-/m1/s1. The molecule has 3 aromatic rings. The van der Waals surface area contributed by atoms with Gasteiger partial charge in [-0.2, -0.15) is 0 Å². The Morgan fingerprint density at radius 2 is 1.92 bits per heavy atom. The molecule has 136 valence electrons. The molecule has 0 bridgehead atoms. The molecule has 0 aliphatic rings. The highest BCUT2D eigenvalue weighted by Crippen LogP contribution is 2.31. The molecule has 0 unspecified atom stereocenters. The molecule has 0 saturated carbocycles. The molecule has 7 heteroatoms. The fourth-order valence-corrected chi connectivity index (χ4v) is 3.04. The molecule has 0 saturated heterocycles. The molecule has 0 N–H and O–H groups in total. The Morgan fingerprint density at radius 1 is 1.12 bits per heavy atom. The van der Waals surface area contributed by atoms with Crippen molar-refractivity contribution in [1.29, 1.82) is 0 Å². The summed E-state index contributed by atoms with van der Waals surface area (Å²) in [6.45, 7) is 0.579. The van der Waals surface area contributed by atoms with E-state index in [9.17, 15) is 0 Å². The summed E-state index contributed by atoms with van der Waals surface area (Å²) < 4.78 is 18.9. The van der Waals surface area contributed by atoms with Crippen LogP contribution >= 0.6 is 23.2 Å². The molecule has 0 amide bonds. The van der Waals surface area contributed by atoms with E-state index in [2.05, 4.69) is 4.98 Å². The lowest BCUT2D eigenvalue weighted by Crippen LogP contribution is -2.15. The first-order valence-electron chi connectivity index (χ1n) is 7.95. The zero-order chi connectivity index (χ0) is 18.4. The van der Waals surface area contributed by atoms with Crippen molar-refractivity contribution in [1.82, 2.24) is 9.55 Å². The number of aromatic nitrogens is 2. The van der Waals surface area contributed by atoms with Crippen LogP contribution in [-0.4, -0.2) is 23.5 Å². The number of hydrogen-bond acceptors (Lipinski definition) is 4. The van der Waals surface area contributed by atoms with Gasteiger partial charge in [-0.1, -0.05) is 41.4 Å². The zero-order valence-electron chi connectivity index (χ0n) is 14.1. The Labute approximate surface area is 162 Å². The number of hydrogen-bond donors (Lipinski definition) is 0. The molecular formula is C19H18Cl2N2O3. The Balaban J connectivity index is 1.73. The van der Waals surface area contributed by atoms with E-state index in [1.54, 1.807) is 31.8 Å². The largest absolute Gasteiger partial charge is 0.493 e. The van der Waals surface area contributed by atoms with Crippen molar-refractivity contribution in [2.24, 2.45) is 0 Å². The number of para-hydroxylation sites is 2. The van der Waals surface area contributed by atoms with Gasteiger partial charge in [0.1, 0.15) is 6.10 Å². The topological polar surface area (TPSA) is 45.5 Å². The third-order valence-electron chi connectivity index (χ3n) is 3.80. The maximum atomic E-state index is 6.36. The minimum absolute atomic E-state index is 0.0404. The highest BCUT2D eigenvalue weighted by molar-refractivity contribution is 6.35. The van der Waals surface area contributed by atoms with Crippen molar-refractivity contribution in [2.75, 3.05) is 13.9 Å². The number of benzene rings is 2. The van der Waals surface area contributed by atoms with Crippen molar-refractivity contribution < 1.29 is 14.2 Å². The lowest BCUT2D eigenvalue weighted by molar-refractivity contribution is -0.0452. The third-order valence-corrected chi connectivity index (χ3v) is 4.36. The molecule has 3 rings (SSSR count). The second-order valence-electron chi connectivity index (χ2n) is 5.49. The summed E-state index contributed by atoms with van der Waals surface area (Å²) in [7, 11) is 1.60. The lowest BCUT2D eigenvalue weighted by Gasteiger charge is -2.21. The van der Waals surface area contributed by atoms with Gasteiger partial charge in [0.25, 0.3) is 0 Å². The lowest BCUT2D eigenvalue weighted by atomic mass is 10.1. The summed E-state index contributed by atoms with van der Waals surface area (Å²) in [5.41, 5.74) is 0.827. The number of ether oxygens (including phenoxy) is 3. The second kappa shape index (κ2) is 8.94. The Hall–Kier alpha value is -2.21. The van der Waals surface area contributed by atoms with Crippen molar-refractivity contribution in [3.8, 4) is 11.5 Å². The van der Waals surface area contributed by atoms with Crippen molar-refractivity contribution in [2.45, 2.75) is 12.6 Å². The van der Waals surface area contributed by atoms with Crippen LogP contribution in [0.3, 0.4) is 0 Å². The fraction of sp³-hybridized carbons (Fsp3) is 0.211. The first kappa shape index (κ1) is 18.6. The van der Waals surface area contributed by atoms with Crippen molar-refractivity contribution in [3.63, 3.8) is 0 Å². The molecular weight excluding hydrogens is 375 g/mol. The number of imidazole rings is 1. The van der Waals surface area contributed by atoms with Gasteiger partial charge in [0.05, 0.1) is 20.0 Å². The Bertz CT molecular complexity index is 841. The van der Waals surface area contributed by atoms with E-state index >= 15 is 0 Å². The maximum absolute atomic E-state index is 6.36. The van der Waals surface area contributed by atoms with E-state index in [1.165, 1.54) is 0 Å². The smallest absolute Gasteiger partial charge is 0.190 e. The highest BCUT2D eigenvalue weighted by atomic mass is 35.5. The SMILES string of the molecule is COc1ccccc1OCO[C@H](Cn1ccnc1)c1ccc(Cl)cc1Cl. The molecule has 1 atom stereocenters. The van der Waals surface area contributed by atoms with E-state index in [0.29, 0.717) is 28.1 Å². The summed E-state index contributed by atoms with van der Waals surface area (Å²) in [6, 6.07) is 12.7. The fourth-order valence-electron chi connectivity index (χ4n) is 2.51. The Kier molecular flexibility index (Phi) is 6.39. The van der Waals surface area contributed by atoms with Gasteiger partial charge >= 0.3 is 0 Å². The van der Waals surface area contributed by atoms with Crippen LogP contribution < -0.4 is 9.47 Å². The summed E-state index contributed by atoms with van der Waals surface area (Å²) in [4.78, 5) is 4.06. The predicted molar refractivity (Wildman–Crippen MR) is 101 cm³/mol. The number of nitrogens with zero attached hydrogens (tertiary/aromatic N) is 2. The van der Waals surface area contributed by atoms with E-state index < -0.39 is 0 Å². The molecule has 0 aliphatic heterocycles. The summed E-state index contributed by atoms with van der Waals surface area (Å²) in [5.74, 6) is 1.25. The van der Waals surface area contributed by atoms with Crippen LogP contribution in [0.1, 0.15) is 11.7 Å². The van der Waals surface area contributed by atoms with Gasteiger partial charge in [-0.25, -0.2) is 4.98 Å². The number of rotatable bonds is 8. The van der Waals surface area contributed by atoms with Gasteiger partial charge in [0.2, 0.25) is 0 Å². The van der Waals surface area contributed by atoms with E-state index in [0.717, 1.165) is 5.56 Å². The quantitative estimate of drug-likeness (QED) is 0.506. The van der Waals surface area contributed by atoms with Crippen LogP contribution in [0, 0.1) is 0 Å². The van der Waals surface area contributed by atoms with Crippen LogP contribution in [0.25, 0.3) is 0 Å². The molecule has 2 aromatic carbocycles. The van der Waals surface area contributed by atoms with E-state index in [4.69, 9.17) is 37.4 Å². The summed E-state index contributed by atoms with van der Waals surface area (Å²) >= 11 is 12.4. The third kappa shape index (κ3) is 4.69. The summed E-state index contributed by atoms with van der Waals surface area (Å²) in [6.07, 6.45) is 4.97. The van der Waals surface area contributed by atoms with Gasteiger partial charge in [-0.15, -0.1) is 0 Å². The van der Waals surface area contributed by atoms with Gasteiger partial charge in [0, 0.05) is 28.0 Å². The highest BCUT2D eigenvalue weighted by Gasteiger charge is 2.17. The van der Waals surface area contributed by atoms with Gasteiger partial charge in [-0.3, -0.25) is 0 Å². The van der Waals surface area contributed by atoms with Gasteiger partial charge < -0.3 is 18.8 Å². The predicted octanol–water partition coefficient (Wildman–Crippen LogP) is 4.99. The minimum Gasteiger partial charge on any atom is -0.493 e. The van der Waals surface area contributed by atoms with Crippen molar-refractivity contribution >= 4 is 23.2 Å². The molecule has 26 heavy (non-hydrogen) atoms. The monoisotopic (exact) mass is 392 g/mol. The zero-order valence-corrected chi connectivity index (χ0v) is 15.7. The van der Waals surface area contributed by atoms with Crippen LogP contribution in [0.5, 0.6) is 11.5 Å². The Morgan fingerprint density at radius 3 is 2.62 bits per heavy atom. The molecule has 0 aliphatic carbocycles. The minimum atomic E-state index is -0.330. The average molecular weight is 393 g/mol. The molecule has 5 nitrogen and oxygen atoms in total. The van der Waals surface area contributed by atoms with Gasteiger partial charge in [0.15, 0.2) is 18.3 Å². The van der Waals surface area contributed by atoms with Crippen LogP contribution in [0.15, 0.2) is 61.2 Å². The van der Waals surface area contributed by atoms with Crippen LogP contribution in [-0.2, 0) is 11.3 Å². The second-order valence-corrected chi connectivity index (χ2v) is 6.34. The molecule has 0 radical (unpaired) electrons. The number of halogens is 2. The summed E-state index contributed by atoms with van der Waals surface area (Å²) in [5, 5.41) is 1.12. The molecule has 0 fully saturated rings. The van der Waals surface area contributed by atoms with Crippen LogP contribution in [0.2, 0.25) is 10.0 Å². The van der Waals surface area contributed by atoms with Crippen molar-refractivity contribution in [3.05, 3.63) is 76.8 Å². The molecule has 0 spiro atoms. The van der Waals surface area contributed by atoms with E-state index in [-0.39, 0.29) is 12.9 Å². The average Bonchev–Trinajstić information content (AvgIpc) is 3.14. The maximum Gasteiger partial charge on any atom is 0.190 e. The molecule has 1 heterocycles. The first-order chi connectivity index (χ1) is 12.7.